The lowest BCUT2D eigenvalue weighted by Gasteiger charge is -2.28. The molecule has 42 heavy (non-hydrogen) atoms. The van der Waals surface area contributed by atoms with Crippen LogP contribution in [0.25, 0.3) is 0 Å². The molecule has 0 aliphatic rings. The highest BCUT2D eigenvalue weighted by molar-refractivity contribution is 5.75. The molecule has 3 N–H and O–H groups in total. The smallest absolute Gasteiger partial charge is 0.480 e. The van der Waals surface area contributed by atoms with Crippen molar-refractivity contribution in [3.05, 3.63) is 23.8 Å². The summed E-state index contributed by atoms with van der Waals surface area (Å²) in [7, 11) is 0. The average Bonchev–Trinajstić information content (AvgIpc) is 2.88. The van der Waals surface area contributed by atoms with Gasteiger partial charge in [0.15, 0.2) is 11.5 Å². The predicted molar refractivity (Wildman–Crippen MR) is 154 cm³/mol. The molecule has 12 heteroatoms. The topological polar surface area (TPSA) is 170 Å². The van der Waals surface area contributed by atoms with Gasteiger partial charge in [0.25, 0.3) is 0 Å². The normalized spacial score (nSPS) is 14.7. The van der Waals surface area contributed by atoms with Crippen molar-refractivity contribution < 1.29 is 52.7 Å². The first-order valence-electron chi connectivity index (χ1n) is 14.1. The highest BCUT2D eigenvalue weighted by atomic mass is 16.8. The van der Waals surface area contributed by atoms with Crippen molar-refractivity contribution in [1.82, 2.24) is 0 Å². The number of carbonyl (C=O) groups is 4. The molecular formula is C30H47NO11. The number of benzene rings is 1. The van der Waals surface area contributed by atoms with E-state index in [-0.39, 0.29) is 30.1 Å². The van der Waals surface area contributed by atoms with Gasteiger partial charge >= 0.3 is 24.4 Å². The summed E-state index contributed by atoms with van der Waals surface area (Å²) < 4.78 is 32.0. The highest BCUT2D eigenvalue weighted by Gasteiger charge is 2.34. The summed E-state index contributed by atoms with van der Waals surface area (Å²) in [5, 5.41) is 9.75. The summed E-state index contributed by atoms with van der Waals surface area (Å²) in [4.78, 5) is 49.3. The van der Waals surface area contributed by atoms with Gasteiger partial charge in [0.2, 0.25) is 0 Å². The van der Waals surface area contributed by atoms with Crippen molar-refractivity contribution in [2.45, 2.75) is 111 Å². The molecule has 0 aromatic heterocycles. The van der Waals surface area contributed by atoms with Crippen molar-refractivity contribution >= 4 is 24.4 Å². The maximum atomic E-state index is 12.7. The van der Waals surface area contributed by atoms with Crippen molar-refractivity contribution in [2.75, 3.05) is 6.61 Å². The van der Waals surface area contributed by atoms with Gasteiger partial charge in [-0.15, -0.1) is 0 Å². The van der Waals surface area contributed by atoms with Crippen LogP contribution in [0.15, 0.2) is 18.2 Å². The van der Waals surface area contributed by atoms with Crippen LogP contribution in [0.3, 0.4) is 0 Å². The third kappa shape index (κ3) is 11.8. The van der Waals surface area contributed by atoms with Crippen LogP contribution in [0.1, 0.15) is 93.6 Å². The predicted octanol–water partition coefficient (Wildman–Crippen LogP) is 6.42. The SMILES string of the molecule is CCC(C)(C)OC(=O)Oc1ccc(C(C(C)COC(=O)OC(C)C(C)C)[C@H](N)C(=O)O)cc1OC(=O)OC(C)(C)CC. The molecule has 3 unspecified atom stereocenters. The van der Waals surface area contributed by atoms with Crippen molar-refractivity contribution in [1.29, 1.82) is 0 Å². The molecule has 1 aromatic carbocycles. The van der Waals surface area contributed by atoms with Crippen LogP contribution >= 0.6 is 0 Å². The Kier molecular flexibility index (Phi) is 13.6. The fourth-order valence-corrected chi connectivity index (χ4v) is 3.38. The zero-order valence-corrected chi connectivity index (χ0v) is 26.3. The van der Waals surface area contributed by atoms with E-state index in [1.165, 1.54) is 18.2 Å². The Balaban J connectivity index is 3.41. The second-order valence-corrected chi connectivity index (χ2v) is 11.8. The van der Waals surface area contributed by atoms with Gasteiger partial charge in [0.1, 0.15) is 23.3 Å². The van der Waals surface area contributed by atoms with E-state index in [1.807, 2.05) is 27.7 Å². The number of carbonyl (C=O) groups excluding carboxylic acids is 3. The van der Waals surface area contributed by atoms with Gasteiger partial charge in [-0.25, -0.2) is 14.4 Å². The van der Waals surface area contributed by atoms with Gasteiger partial charge in [0, 0.05) is 5.92 Å². The zero-order valence-electron chi connectivity index (χ0n) is 26.3. The molecule has 0 fully saturated rings. The molecule has 0 heterocycles. The van der Waals surface area contributed by atoms with Gasteiger partial charge in [-0.3, -0.25) is 4.79 Å². The van der Waals surface area contributed by atoms with Gasteiger partial charge < -0.3 is 39.3 Å². The van der Waals surface area contributed by atoms with Crippen LogP contribution in [0.5, 0.6) is 11.5 Å². The third-order valence-electron chi connectivity index (χ3n) is 7.13. The summed E-state index contributed by atoms with van der Waals surface area (Å²) in [5.41, 5.74) is 4.72. The first-order chi connectivity index (χ1) is 19.3. The second-order valence-electron chi connectivity index (χ2n) is 11.8. The maximum Gasteiger partial charge on any atom is 0.514 e. The summed E-state index contributed by atoms with van der Waals surface area (Å²) in [6, 6.07) is 2.70. The number of aliphatic carboxylic acids is 1. The van der Waals surface area contributed by atoms with Gasteiger partial charge in [-0.05, 0) is 77.0 Å². The molecular weight excluding hydrogens is 550 g/mol. The number of nitrogens with two attached hydrogens (primary N) is 1. The summed E-state index contributed by atoms with van der Waals surface area (Å²) in [5.74, 6) is -3.18. The Labute approximate surface area is 248 Å². The molecule has 4 atom stereocenters. The first kappa shape index (κ1) is 36.5. The fourth-order valence-electron chi connectivity index (χ4n) is 3.38. The van der Waals surface area contributed by atoms with Crippen LogP contribution in [0, 0.1) is 11.8 Å². The molecule has 1 aromatic rings. The summed E-state index contributed by atoms with van der Waals surface area (Å²) in [6.45, 7) is 17.4. The van der Waals surface area contributed by atoms with Crippen molar-refractivity contribution in [3.63, 3.8) is 0 Å². The number of carboxylic acid groups (broad SMARTS) is 1. The molecule has 0 spiro atoms. The third-order valence-corrected chi connectivity index (χ3v) is 7.13. The van der Waals surface area contributed by atoms with Gasteiger partial charge in [-0.2, -0.15) is 0 Å². The molecule has 0 amide bonds. The van der Waals surface area contributed by atoms with E-state index in [2.05, 4.69) is 0 Å². The molecule has 238 valence electrons. The number of carboxylic acids is 1. The van der Waals surface area contributed by atoms with E-state index in [0.717, 1.165) is 0 Å². The summed E-state index contributed by atoms with van der Waals surface area (Å²) >= 11 is 0. The fraction of sp³-hybridized carbons (Fsp3) is 0.667. The Morgan fingerprint density at radius 2 is 1.33 bits per heavy atom. The van der Waals surface area contributed by atoms with Crippen LogP contribution in [0.2, 0.25) is 0 Å². The Bertz CT molecular complexity index is 1080. The molecule has 1 rings (SSSR count). The van der Waals surface area contributed by atoms with Gasteiger partial charge in [-0.1, -0.05) is 40.7 Å². The monoisotopic (exact) mass is 597 g/mol. The van der Waals surface area contributed by atoms with E-state index in [9.17, 15) is 24.3 Å². The lowest BCUT2D eigenvalue weighted by molar-refractivity contribution is -0.139. The molecule has 0 saturated heterocycles. The van der Waals surface area contributed by atoms with E-state index in [1.54, 1.807) is 41.5 Å². The van der Waals surface area contributed by atoms with E-state index < -0.39 is 53.5 Å². The van der Waals surface area contributed by atoms with E-state index in [4.69, 9.17) is 34.2 Å². The number of hydrogen-bond acceptors (Lipinski definition) is 11. The molecule has 0 aliphatic carbocycles. The van der Waals surface area contributed by atoms with Crippen LogP contribution in [-0.2, 0) is 23.7 Å². The van der Waals surface area contributed by atoms with Crippen molar-refractivity contribution in [2.24, 2.45) is 17.6 Å². The first-order valence-corrected chi connectivity index (χ1v) is 14.1. The lowest BCUT2D eigenvalue weighted by Crippen LogP contribution is -2.40. The maximum absolute atomic E-state index is 12.7. The number of hydrogen-bond donors (Lipinski definition) is 2. The van der Waals surface area contributed by atoms with Crippen molar-refractivity contribution in [3.8, 4) is 11.5 Å². The average molecular weight is 598 g/mol. The molecule has 0 bridgehead atoms. The largest absolute Gasteiger partial charge is 0.514 e. The number of ether oxygens (including phenoxy) is 6. The van der Waals surface area contributed by atoms with Crippen LogP contribution < -0.4 is 15.2 Å². The van der Waals surface area contributed by atoms with E-state index >= 15 is 0 Å². The summed E-state index contributed by atoms with van der Waals surface area (Å²) in [6.07, 6.45) is -2.37. The molecule has 12 nitrogen and oxygen atoms in total. The molecule has 0 saturated carbocycles. The minimum atomic E-state index is -1.44. The Morgan fingerprint density at radius 1 is 0.833 bits per heavy atom. The minimum absolute atomic E-state index is 0.0715. The molecule has 0 radical (unpaired) electrons. The Hall–Kier alpha value is -3.54. The minimum Gasteiger partial charge on any atom is -0.480 e. The second kappa shape index (κ2) is 15.6. The number of rotatable bonds is 14. The Morgan fingerprint density at radius 3 is 1.79 bits per heavy atom. The van der Waals surface area contributed by atoms with Crippen LogP contribution in [-0.4, -0.2) is 59.5 Å². The lowest BCUT2D eigenvalue weighted by atomic mass is 9.82. The molecule has 0 aliphatic heterocycles. The highest BCUT2D eigenvalue weighted by Crippen LogP contribution is 2.36. The quantitative estimate of drug-likeness (QED) is 0.137. The van der Waals surface area contributed by atoms with Gasteiger partial charge in [0.05, 0.1) is 6.61 Å². The van der Waals surface area contributed by atoms with E-state index in [0.29, 0.717) is 18.4 Å². The zero-order chi connectivity index (χ0) is 32.4. The van der Waals surface area contributed by atoms with Crippen LogP contribution in [0.4, 0.5) is 14.4 Å². The standard InChI is InChI=1S/C30H47NO11/c1-11-29(7,8)41-27(35)39-21-14-13-20(15-22(21)40-28(36)42-30(9,10)12-2)23(24(31)25(32)33)18(5)16-37-26(34)38-19(6)17(3)4/h13-15,17-19,23-24H,11-12,16,31H2,1-10H3,(H,32,33)/t18?,19?,23?,24-/m0/s1.